The summed E-state index contributed by atoms with van der Waals surface area (Å²) < 4.78 is 1.89. The fourth-order valence-electron chi connectivity index (χ4n) is 4.02. The van der Waals surface area contributed by atoms with Gasteiger partial charge in [0.2, 0.25) is 11.8 Å². The number of piperazine rings is 1. The summed E-state index contributed by atoms with van der Waals surface area (Å²) in [5.41, 5.74) is 2.13. The lowest BCUT2D eigenvalue weighted by molar-refractivity contribution is -0.131. The maximum atomic E-state index is 12.6. The van der Waals surface area contributed by atoms with Gasteiger partial charge in [-0.2, -0.15) is 5.10 Å². The number of aromatic nitrogens is 2. The van der Waals surface area contributed by atoms with Crippen LogP contribution in [0.25, 0.3) is 0 Å². The number of rotatable bonds is 5. The first-order valence-corrected chi connectivity index (χ1v) is 10.0. The summed E-state index contributed by atoms with van der Waals surface area (Å²) in [6.07, 6.45) is 1.62. The number of carbonyl (C=O) groups is 2. The zero-order valence-electron chi connectivity index (χ0n) is 16.4. The number of benzene rings is 1. The number of carbonyl (C=O) groups excluding carboxylic acids is 2. The number of amides is 2. The van der Waals surface area contributed by atoms with Gasteiger partial charge in [0.15, 0.2) is 0 Å². The number of para-hydroxylation sites is 1. The number of nitrogens with zero attached hydrogens (tertiary/aromatic N) is 5. The predicted molar refractivity (Wildman–Crippen MR) is 108 cm³/mol. The van der Waals surface area contributed by atoms with Gasteiger partial charge in [-0.1, -0.05) is 18.2 Å². The molecule has 2 aromatic rings. The van der Waals surface area contributed by atoms with E-state index in [0.29, 0.717) is 32.4 Å². The lowest BCUT2D eigenvalue weighted by Gasteiger charge is -2.36. The van der Waals surface area contributed by atoms with Gasteiger partial charge >= 0.3 is 0 Å². The van der Waals surface area contributed by atoms with E-state index in [-0.39, 0.29) is 11.8 Å². The summed E-state index contributed by atoms with van der Waals surface area (Å²) in [5.74, 6) is 1.16. The molecule has 0 aliphatic carbocycles. The van der Waals surface area contributed by atoms with Crippen molar-refractivity contribution in [1.82, 2.24) is 14.7 Å². The molecule has 2 amide bonds. The lowest BCUT2D eigenvalue weighted by Crippen LogP contribution is -2.49. The zero-order valence-corrected chi connectivity index (χ0v) is 16.4. The molecule has 0 atom stereocenters. The second-order valence-corrected chi connectivity index (χ2v) is 7.47. The van der Waals surface area contributed by atoms with Crippen LogP contribution in [0.3, 0.4) is 0 Å². The molecule has 0 N–H and O–H groups in total. The van der Waals surface area contributed by atoms with Crippen molar-refractivity contribution in [1.29, 1.82) is 0 Å². The minimum absolute atomic E-state index is 0.122. The fourth-order valence-corrected chi connectivity index (χ4v) is 4.02. The van der Waals surface area contributed by atoms with Crippen LogP contribution in [-0.2, 0) is 16.1 Å². The first kappa shape index (κ1) is 18.5. The van der Waals surface area contributed by atoms with Gasteiger partial charge in [0.1, 0.15) is 5.82 Å². The Morgan fingerprint density at radius 1 is 1.07 bits per heavy atom. The standard InChI is InChI=1S/C21H27N5O2/c1-17-16-19-25(21(28)9-11-26(19)22-17)10-5-8-20(27)24-14-12-23(13-15-24)18-6-3-2-4-7-18/h2-4,6-7,16H,5,8-15H2,1H3. The number of anilines is 2. The van der Waals surface area contributed by atoms with Crippen molar-refractivity contribution in [2.45, 2.75) is 32.7 Å². The van der Waals surface area contributed by atoms with E-state index in [1.807, 2.05) is 40.8 Å². The third-order valence-corrected chi connectivity index (χ3v) is 5.52. The van der Waals surface area contributed by atoms with E-state index < -0.39 is 0 Å². The van der Waals surface area contributed by atoms with E-state index in [0.717, 1.165) is 37.7 Å². The summed E-state index contributed by atoms with van der Waals surface area (Å²) in [4.78, 5) is 31.0. The molecule has 3 heterocycles. The Labute approximate surface area is 165 Å². The summed E-state index contributed by atoms with van der Waals surface area (Å²) >= 11 is 0. The second-order valence-electron chi connectivity index (χ2n) is 7.47. The highest BCUT2D eigenvalue weighted by atomic mass is 16.2. The Morgan fingerprint density at radius 3 is 2.57 bits per heavy atom. The van der Waals surface area contributed by atoms with Crippen molar-refractivity contribution in [2.75, 3.05) is 42.5 Å². The third-order valence-electron chi connectivity index (χ3n) is 5.52. The minimum Gasteiger partial charge on any atom is -0.368 e. The van der Waals surface area contributed by atoms with Gasteiger partial charge < -0.3 is 9.80 Å². The molecule has 2 aliphatic rings. The summed E-state index contributed by atoms with van der Waals surface area (Å²) in [7, 11) is 0. The molecule has 1 aromatic carbocycles. The van der Waals surface area contributed by atoms with Crippen molar-refractivity contribution in [3.63, 3.8) is 0 Å². The van der Waals surface area contributed by atoms with E-state index in [9.17, 15) is 9.59 Å². The molecule has 28 heavy (non-hydrogen) atoms. The highest BCUT2D eigenvalue weighted by molar-refractivity contribution is 5.93. The molecule has 1 saturated heterocycles. The Kier molecular flexibility index (Phi) is 5.32. The van der Waals surface area contributed by atoms with Crippen LogP contribution in [0.15, 0.2) is 36.4 Å². The molecule has 2 aliphatic heterocycles. The van der Waals surface area contributed by atoms with Gasteiger partial charge in [-0.05, 0) is 25.5 Å². The topological polar surface area (TPSA) is 61.7 Å². The Hall–Kier alpha value is -2.83. The van der Waals surface area contributed by atoms with Crippen LogP contribution in [0, 0.1) is 6.92 Å². The summed E-state index contributed by atoms with van der Waals surface area (Å²) in [6.45, 7) is 6.37. The number of aryl methyl sites for hydroxylation is 2. The Bertz CT molecular complexity index is 840. The maximum absolute atomic E-state index is 12.6. The molecule has 7 nitrogen and oxygen atoms in total. The second kappa shape index (κ2) is 8.04. The van der Waals surface area contributed by atoms with E-state index in [2.05, 4.69) is 22.1 Å². The molecule has 0 bridgehead atoms. The van der Waals surface area contributed by atoms with Crippen LogP contribution in [0.1, 0.15) is 25.0 Å². The fraction of sp³-hybridized carbons (Fsp3) is 0.476. The Balaban J connectivity index is 1.26. The van der Waals surface area contributed by atoms with Crippen molar-refractivity contribution >= 4 is 23.3 Å². The van der Waals surface area contributed by atoms with Crippen LogP contribution in [-0.4, -0.2) is 59.2 Å². The largest absolute Gasteiger partial charge is 0.368 e. The zero-order chi connectivity index (χ0) is 19.5. The van der Waals surface area contributed by atoms with Crippen molar-refractivity contribution in [3.05, 3.63) is 42.1 Å². The van der Waals surface area contributed by atoms with Crippen LogP contribution in [0.4, 0.5) is 11.5 Å². The molecule has 0 spiro atoms. The van der Waals surface area contributed by atoms with Gasteiger partial charge in [-0.25, -0.2) is 4.68 Å². The molecular weight excluding hydrogens is 354 g/mol. The predicted octanol–water partition coefficient (Wildman–Crippen LogP) is 2.06. The van der Waals surface area contributed by atoms with Gasteiger partial charge in [0.05, 0.1) is 12.2 Å². The molecule has 1 fully saturated rings. The van der Waals surface area contributed by atoms with E-state index in [1.165, 1.54) is 5.69 Å². The highest BCUT2D eigenvalue weighted by Crippen LogP contribution is 2.23. The van der Waals surface area contributed by atoms with E-state index >= 15 is 0 Å². The van der Waals surface area contributed by atoms with E-state index in [1.54, 1.807) is 4.90 Å². The molecule has 0 saturated carbocycles. The van der Waals surface area contributed by atoms with Crippen LogP contribution in [0.2, 0.25) is 0 Å². The van der Waals surface area contributed by atoms with Crippen molar-refractivity contribution in [3.8, 4) is 0 Å². The average molecular weight is 381 g/mol. The van der Waals surface area contributed by atoms with Crippen LogP contribution < -0.4 is 9.80 Å². The highest BCUT2D eigenvalue weighted by Gasteiger charge is 2.26. The average Bonchev–Trinajstić information content (AvgIpc) is 3.11. The third kappa shape index (κ3) is 3.88. The van der Waals surface area contributed by atoms with Crippen LogP contribution >= 0.6 is 0 Å². The smallest absolute Gasteiger partial charge is 0.229 e. The quantitative estimate of drug-likeness (QED) is 0.795. The molecule has 1 aromatic heterocycles. The first-order valence-electron chi connectivity index (χ1n) is 10.0. The SMILES string of the molecule is Cc1cc2n(n1)CCC(=O)N2CCCC(=O)N1CCN(c2ccccc2)CC1. The first-order chi connectivity index (χ1) is 13.6. The molecule has 0 unspecified atom stereocenters. The molecule has 7 heteroatoms. The maximum Gasteiger partial charge on any atom is 0.229 e. The van der Waals surface area contributed by atoms with Gasteiger partial charge in [0.25, 0.3) is 0 Å². The lowest BCUT2D eigenvalue weighted by atomic mass is 10.2. The van der Waals surface area contributed by atoms with Crippen molar-refractivity contribution in [2.24, 2.45) is 0 Å². The van der Waals surface area contributed by atoms with Gasteiger partial charge in [-0.15, -0.1) is 0 Å². The van der Waals surface area contributed by atoms with Gasteiger partial charge in [0, 0.05) is 57.3 Å². The summed E-state index contributed by atoms with van der Waals surface area (Å²) in [6, 6.07) is 12.3. The van der Waals surface area contributed by atoms with E-state index in [4.69, 9.17) is 0 Å². The normalized spacial score (nSPS) is 17.0. The van der Waals surface area contributed by atoms with Gasteiger partial charge in [-0.3, -0.25) is 14.5 Å². The van der Waals surface area contributed by atoms with Crippen LogP contribution in [0.5, 0.6) is 0 Å². The molecule has 0 radical (unpaired) electrons. The van der Waals surface area contributed by atoms with Crippen molar-refractivity contribution < 1.29 is 9.59 Å². The molecular formula is C21H27N5O2. The molecule has 4 rings (SSSR count). The molecule has 148 valence electrons. The number of hydrogen-bond acceptors (Lipinski definition) is 4. The minimum atomic E-state index is 0.122. The number of hydrogen-bond donors (Lipinski definition) is 0. The number of fused-ring (bicyclic) bond motifs is 1. The summed E-state index contributed by atoms with van der Waals surface area (Å²) in [5, 5.41) is 4.43. The monoisotopic (exact) mass is 381 g/mol. The Morgan fingerprint density at radius 2 is 1.82 bits per heavy atom.